The molecule has 0 aliphatic carbocycles. The number of anilines is 1. The molecule has 1 aromatic heterocycles. The average molecular weight is 442 g/mol. The van der Waals surface area contributed by atoms with Crippen molar-refractivity contribution in [3.63, 3.8) is 0 Å². The first-order valence-electron chi connectivity index (χ1n) is 11.6. The highest BCUT2D eigenvalue weighted by molar-refractivity contribution is 5.78. The molecule has 1 aliphatic heterocycles. The Kier molecular flexibility index (Phi) is 7.18. The van der Waals surface area contributed by atoms with Crippen LogP contribution in [-0.4, -0.2) is 30.3 Å². The number of pyridine rings is 1. The summed E-state index contributed by atoms with van der Waals surface area (Å²) in [4.78, 5) is 29.8. The number of aryl methyl sites for hydroxylation is 2. The van der Waals surface area contributed by atoms with Gasteiger partial charge in [-0.15, -0.1) is 0 Å². The summed E-state index contributed by atoms with van der Waals surface area (Å²) in [5.41, 5.74) is 11.9. The highest BCUT2D eigenvalue weighted by atomic mass is 16.1. The van der Waals surface area contributed by atoms with E-state index in [0.717, 1.165) is 61.9 Å². The van der Waals surface area contributed by atoms with E-state index in [1.807, 2.05) is 31.3 Å². The Morgan fingerprint density at radius 2 is 1.85 bits per heavy atom. The zero-order chi connectivity index (χ0) is 23.2. The van der Waals surface area contributed by atoms with Crippen molar-refractivity contribution >= 4 is 17.9 Å². The predicted octanol–water partition coefficient (Wildman–Crippen LogP) is 4.67. The number of aldehydes is 1. The van der Waals surface area contributed by atoms with Gasteiger partial charge in [-0.3, -0.25) is 14.6 Å². The van der Waals surface area contributed by atoms with E-state index in [2.05, 4.69) is 52.3 Å². The van der Waals surface area contributed by atoms with E-state index >= 15 is 0 Å². The molecule has 2 N–H and O–H groups in total. The Labute approximate surface area is 195 Å². The summed E-state index contributed by atoms with van der Waals surface area (Å²) in [6.07, 6.45) is 6.24. The highest BCUT2D eigenvalue weighted by Crippen LogP contribution is 2.32. The first kappa shape index (κ1) is 22.7. The lowest BCUT2D eigenvalue weighted by atomic mass is 9.84. The predicted molar refractivity (Wildman–Crippen MR) is 132 cm³/mol. The molecule has 2 aromatic carbocycles. The molecule has 0 radical (unpaired) electrons. The van der Waals surface area contributed by atoms with Gasteiger partial charge in [0.25, 0.3) is 0 Å². The van der Waals surface area contributed by atoms with Gasteiger partial charge in [-0.25, -0.2) is 0 Å². The summed E-state index contributed by atoms with van der Waals surface area (Å²) < 4.78 is 0. The Hall–Kier alpha value is -3.47. The molecule has 5 nitrogen and oxygen atoms in total. The van der Waals surface area contributed by atoms with Crippen molar-refractivity contribution in [2.75, 3.05) is 18.0 Å². The number of hydrogen-bond acceptors (Lipinski definition) is 4. The summed E-state index contributed by atoms with van der Waals surface area (Å²) in [5.74, 6) is -0.0516. The Morgan fingerprint density at radius 1 is 1.12 bits per heavy atom. The molecule has 4 rings (SSSR count). The van der Waals surface area contributed by atoms with Crippen LogP contribution in [0.3, 0.4) is 0 Å². The molecular weight excluding hydrogens is 410 g/mol. The summed E-state index contributed by atoms with van der Waals surface area (Å²) in [6.45, 7) is 3.72. The van der Waals surface area contributed by atoms with E-state index in [-0.39, 0.29) is 17.7 Å². The first-order valence-corrected chi connectivity index (χ1v) is 11.6. The monoisotopic (exact) mass is 441 g/mol. The Morgan fingerprint density at radius 3 is 2.52 bits per heavy atom. The lowest BCUT2D eigenvalue weighted by Gasteiger charge is -2.32. The van der Waals surface area contributed by atoms with Crippen LogP contribution in [0, 0.1) is 12.8 Å². The summed E-state index contributed by atoms with van der Waals surface area (Å²) in [7, 11) is 0. The van der Waals surface area contributed by atoms with E-state index in [1.165, 1.54) is 16.8 Å². The van der Waals surface area contributed by atoms with Gasteiger partial charge >= 0.3 is 0 Å². The first-order chi connectivity index (χ1) is 16.0. The van der Waals surface area contributed by atoms with E-state index in [9.17, 15) is 9.59 Å². The number of aromatic nitrogens is 1. The van der Waals surface area contributed by atoms with Crippen LogP contribution in [0.1, 0.15) is 57.9 Å². The van der Waals surface area contributed by atoms with Gasteiger partial charge in [-0.2, -0.15) is 0 Å². The van der Waals surface area contributed by atoms with Gasteiger partial charge < -0.3 is 10.6 Å². The lowest BCUT2D eigenvalue weighted by molar-refractivity contribution is -0.122. The summed E-state index contributed by atoms with van der Waals surface area (Å²) in [6, 6.07) is 20.8. The van der Waals surface area contributed by atoms with Crippen molar-refractivity contribution in [1.29, 1.82) is 0 Å². The summed E-state index contributed by atoms with van der Waals surface area (Å²) in [5, 5.41) is 0. The number of rotatable bonds is 8. The third-order valence-corrected chi connectivity index (χ3v) is 6.74. The fourth-order valence-electron chi connectivity index (χ4n) is 4.83. The molecule has 0 unspecified atom stereocenters. The minimum Gasteiger partial charge on any atom is -0.371 e. The Balaban J connectivity index is 1.48. The van der Waals surface area contributed by atoms with Gasteiger partial charge in [0.2, 0.25) is 5.91 Å². The number of carbonyl (C=O) groups is 2. The van der Waals surface area contributed by atoms with Crippen molar-refractivity contribution in [1.82, 2.24) is 4.98 Å². The van der Waals surface area contributed by atoms with Gasteiger partial charge in [0, 0.05) is 48.1 Å². The second-order valence-electron chi connectivity index (χ2n) is 8.90. The molecule has 2 heterocycles. The highest BCUT2D eigenvalue weighted by Gasteiger charge is 2.23. The summed E-state index contributed by atoms with van der Waals surface area (Å²) >= 11 is 0. The maximum absolute atomic E-state index is 11.7. The normalized spacial score (nSPS) is 15.2. The van der Waals surface area contributed by atoms with Crippen LogP contribution < -0.4 is 10.6 Å². The standard InChI is InChI=1S/C28H31N3O2/c1-20-18-23(12-15-30-20)27(26-5-3-2-4-24(26)19-32)11-8-21-6-9-25(10-7-21)31-16-13-22(14-17-31)28(29)33/h2-7,9-10,12,15,18-19,22,27H,8,11,13-14,16-17H2,1H3,(H2,29,33)/t27-/m1/s1. The van der Waals surface area contributed by atoms with Crippen molar-refractivity contribution < 1.29 is 9.59 Å². The van der Waals surface area contributed by atoms with Crippen LogP contribution in [0.4, 0.5) is 5.69 Å². The number of benzene rings is 2. The minimum absolute atomic E-state index is 0.00326. The molecule has 33 heavy (non-hydrogen) atoms. The zero-order valence-electron chi connectivity index (χ0n) is 19.1. The van der Waals surface area contributed by atoms with Crippen molar-refractivity contribution in [3.8, 4) is 0 Å². The number of amides is 1. The molecule has 0 bridgehead atoms. The minimum atomic E-state index is -0.180. The van der Waals surface area contributed by atoms with Gasteiger partial charge in [0.1, 0.15) is 6.29 Å². The van der Waals surface area contributed by atoms with E-state index in [1.54, 1.807) is 0 Å². The third-order valence-electron chi connectivity index (χ3n) is 6.74. The number of piperidine rings is 1. The molecule has 3 aromatic rings. The van der Waals surface area contributed by atoms with E-state index < -0.39 is 0 Å². The van der Waals surface area contributed by atoms with Crippen molar-refractivity contribution in [2.45, 2.75) is 38.5 Å². The largest absolute Gasteiger partial charge is 0.371 e. The number of nitrogens with zero attached hydrogens (tertiary/aromatic N) is 2. The van der Waals surface area contributed by atoms with Gasteiger partial charge in [0.05, 0.1) is 0 Å². The van der Waals surface area contributed by atoms with Crippen LogP contribution in [0.15, 0.2) is 66.9 Å². The maximum atomic E-state index is 11.7. The SMILES string of the molecule is Cc1cc([C@@H](CCc2ccc(N3CCC(C(N)=O)CC3)cc2)c2ccccc2C=O)ccn1. The molecule has 170 valence electrons. The fraction of sp³-hybridized carbons (Fsp3) is 0.321. The van der Waals surface area contributed by atoms with E-state index in [4.69, 9.17) is 5.73 Å². The number of primary amides is 1. The second-order valence-corrected chi connectivity index (χ2v) is 8.90. The molecule has 5 heteroatoms. The molecule has 1 aliphatic rings. The van der Waals surface area contributed by atoms with Gasteiger partial charge in [0.15, 0.2) is 0 Å². The lowest BCUT2D eigenvalue weighted by Crippen LogP contribution is -2.38. The molecule has 1 amide bonds. The number of hydrogen-bond donors (Lipinski definition) is 1. The number of nitrogens with two attached hydrogens (primary N) is 1. The molecule has 1 saturated heterocycles. The van der Waals surface area contributed by atoms with Crippen molar-refractivity contribution in [2.24, 2.45) is 11.7 Å². The molecule has 0 spiro atoms. The second kappa shape index (κ2) is 10.4. The maximum Gasteiger partial charge on any atom is 0.220 e. The van der Waals surface area contributed by atoms with Crippen LogP contribution >= 0.6 is 0 Å². The third kappa shape index (κ3) is 5.48. The van der Waals surface area contributed by atoms with Crippen LogP contribution in [-0.2, 0) is 11.2 Å². The number of carbonyl (C=O) groups excluding carboxylic acids is 2. The molecular formula is C28H31N3O2. The fourth-order valence-corrected chi connectivity index (χ4v) is 4.83. The van der Waals surface area contributed by atoms with Crippen LogP contribution in [0.25, 0.3) is 0 Å². The van der Waals surface area contributed by atoms with Gasteiger partial charge in [-0.05, 0) is 73.6 Å². The van der Waals surface area contributed by atoms with Crippen molar-refractivity contribution in [3.05, 3.63) is 94.8 Å². The Bertz CT molecular complexity index is 1100. The molecule has 0 saturated carbocycles. The topological polar surface area (TPSA) is 76.3 Å². The molecule has 1 atom stereocenters. The average Bonchev–Trinajstić information content (AvgIpc) is 2.85. The van der Waals surface area contributed by atoms with Crippen LogP contribution in [0.2, 0.25) is 0 Å². The zero-order valence-corrected chi connectivity index (χ0v) is 19.1. The quantitative estimate of drug-likeness (QED) is 0.516. The molecule has 1 fully saturated rings. The van der Waals surface area contributed by atoms with Crippen LogP contribution in [0.5, 0.6) is 0 Å². The van der Waals surface area contributed by atoms with Gasteiger partial charge in [-0.1, -0.05) is 36.4 Å². The smallest absolute Gasteiger partial charge is 0.220 e. The van der Waals surface area contributed by atoms with E-state index in [0.29, 0.717) is 0 Å².